The Kier molecular flexibility index (Phi) is 6.37. The lowest BCUT2D eigenvalue weighted by Crippen LogP contribution is -2.19. The van der Waals surface area contributed by atoms with E-state index in [0.29, 0.717) is 24.1 Å². The van der Waals surface area contributed by atoms with Gasteiger partial charge in [-0.05, 0) is 50.2 Å². The number of hydrogen-bond acceptors (Lipinski definition) is 6. The molecule has 0 unspecified atom stereocenters. The van der Waals surface area contributed by atoms with E-state index >= 15 is 0 Å². The molecule has 0 aliphatic heterocycles. The van der Waals surface area contributed by atoms with Crippen LogP contribution < -0.4 is 10.6 Å². The molecule has 0 spiro atoms. The highest BCUT2D eigenvalue weighted by Gasteiger charge is 2.04. The lowest BCUT2D eigenvalue weighted by Gasteiger charge is -2.08. The van der Waals surface area contributed by atoms with Gasteiger partial charge in [0, 0.05) is 23.9 Å². The van der Waals surface area contributed by atoms with Crippen LogP contribution in [0.2, 0.25) is 0 Å². The highest BCUT2D eigenvalue weighted by molar-refractivity contribution is 5.84. The minimum absolute atomic E-state index is 0.219. The number of unbranched alkanes of at least 4 members (excludes halogenated alkanes) is 1. The Labute approximate surface area is 175 Å². The van der Waals surface area contributed by atoms with Crippen LogP contribution >= 0.6 is 0 Å². The molecule has 30 heavy (non-hydrogen) atoms. The maximum absolute atomic E-state index is 9.93. The van der Waals surface area contributed by atoms with Crippen molar-refractivity contribution in [3.05, 3.63) is 72.1 Å². The van der Waals surface area contributed by atoms with E-state index in [-0.39, 0.29) is 11.5 Å². The predicted molar refractivity (Wildman–Crippen MR) is 119 cm³/mol. The van der Waals surface area contributed by atoms with E-state index in [2.05, 4.69) is 20.6 Å². The number of phenols is 2. The molecule has 0 saturated carbocycles. The summed E-state index contributed by atoms with van der Waals surface area (Å²) in [5, 5.41) is 28.6. The molecule has 0 radical (unpaired) electrons. The van der Waals surface area contributed by atoms with Gasteiger partial charge in [-0.25, -0.2) is 9.97 Å². The monoisotopic (exact) mass is 402 g/mol. The molecule has 2 aromatic carbocycles. The van der Waals surface area contributed by atoms with Crippen molar-refractivity contribution in [2.24, 2.45) is 0 Å². The second-order valence-corrected chi connectivity index (χ2v) is 7.36. The fourth-order valence-corrected chi connectivity index (χ4v) is 3.47. The summed E-state index contributed by atoms with van der Waals surface area (Å²) < 4.78 is 0. The van der Waals surface area contributed by atoms with Gasteiger partial charge in [-0.15, -0.1) is 0 Å². The Morgan fingerprint density at radius 2 is 1.07 bits per heavy atom. The summed E-state index contributed by atoms with van der Waals surface area (Å²) in [5.74, 6) is 0.438. The smallest absolute Gasteiger partial charge is 0.141 e. The fraction of sp³-hybridized carbons (Fsp3) is 0.250. The number of nitrogens with one attached hydrogen (secondary N) is 2. The normalized spacial score (nSPS) is 11.3. The predicted octanol–water partition coefficient (Wildman–Crippen LogP) is 3.85. The van der Waals surface area contributed by atoms with Crippen LogP contribution in [-0.2, 0) is 13.1 Å². The molecule has 6 nitrogen and oxygen atoms in total. The molecule has 0 saturated heterocycles. The number of para-hydroxylation sites is 2. The number of hydrogen-bond donors (Lipinski definition) is 4. The number of nitrogens with zero attached hydrogens (tertiary/aromatic N) is 2. The largest absolute Gasteiger partial charge is 0.506 e. The lowest BCUT2D eigenvalue weighted by molar-refractivity contribution is 0.479. The molecule has 0 aliphatic rings. The van der Waals surface area contributed by atoms with Crippen LogP contribution in [0.5, 0.6) is 11.5 Å². The van der Waals surface area contributed by atoms with Crippen LogP contribution in [0.25, 0.3) is 21.8 Å². The molecule has 0 atom stereocenters. The number of benzene rings is 2. The highest BCUT2D eigenvalue weighted by Crippen LogP contribution is 2.23. The summed E-state index contributed by atoms with van der Waals surface area (Å²) in [6, 6.07) is 18.8. The van der Waals surface area contributed by atoms with Crippen LogP contribution in [0.3, 0.4) is 0 Å². The summed E-state index contributed by atoms with van der Waals surface area (Å²) >= 11 is 0. The van der Waals surface area contributed by atoms with Crippen LogP contribution in [0.15, 0.2) is 60.7 Å². The molecule has 6 heteroatoms. The van der Waals surface area contributed by atoms with Crippen LogP contribution in [-0.4, -0.2) is 33.3 Å². The van der Waals surface area contributed by atoms with Crippen LogP contribution in [0.1, 0.15) is 24.2 Å². The number of rotatable bonds is 9. The van der Waals surface area contributed by atoms with Gasteiger partial charge in [0.05, 0.1) is 11.4 Å². The third-order valence-corrected chi connectivity index (χ3v) is 5.08. The summed E-state index contributed by atoms with van der Waals surface area (Å²) in [4.78, 5) is 9.07. The van der Waals surface area contributed by atoms with Gasteiger partial charge in [-0.3, -0.25) is 0 Å². The Morgan fingerprint density at radius 3 is 1.53 bits per heavy atom. The number of fused-ring (bicyclic) bond motifs is 2. The molecular weight excluding hydrogens is 376 g/mol. The van der Waals surface area contributed by atoms with Gasteiger partial charge in [0.1, 0.15) is 22.5 Å². The van der Waals surface area contributed by atoms with E-state index in [1.165, 1.54) is 0 Å². The second kappa shape index (κ2) is 9.52. The zero-order chi connectivity index (χ0) is 20.8. The third kappa shape index (κ3) is 4.84. The van der Waals surface area contributed by atoms with Gasteiger partial charge < -0.3 is 20.8 Å². The minimum Gasteiger partial charge on any atom is -0.506 e. The Hall–Kier alpha value is -3.22. The van der Waals surface area contributed by atoms with Gasteiger partial charge in [0.2, 0.25) is 0 Å². The van der Waals surface area contributed by atoms with Crippen molar-refractivity contribution in [2.45, 2.75) is 25.9 Å². The third-order valence-electron chi connectivity index (χ3n) is 5.08. The molecule has 2 heterocycles. The lowest BCUT2D eigenvalue weighted by atomic mass is 10.2. The number of aromatic nitrogens is 2. The first-order valence-corrected chi connectivity index (χ1v) is 10.3. The minimum atomic E-state index is 0.219. The number of pyridine rings is 2. The van der Waals surface area contributed by atoms with Crippen molar-refractivity contribution in [1.29, 1.82) is 0 Å². The van der Waals surface area contributed by atoms with Crippen molar-refractivity contribution in [2.75, 3.05) is 13.1 Å². The SMILES string of the molecule is Oc1cccc2ccc(CNCCCCNCc3ccc4cccc(O)c4n3)nc12. The van der Waals surface area contributed by atoms with Crippen molar-refractivity contribution >= 4 is 21.8 Å². The maximum atomic E-state index is 9.93. The first-order chi connectivity index (χ1) is 14.7. The van der Waals surface area contributed by atoms with Crippen molar-refractivity contribution in [3.63, 3.8) is 0 Å². The Balaban J connectivity index is 1.15. The zero-order valence-corrected chi connectivity index (χ0v) is 16.8. The maximum Gasteiger partial charge on any atom is 0.141 e. The molecular formula is C24H26N4O2. The highest BCUT2D eigenvalue weighted by atomic mass is 16.3. The van der Waals surface area contributed by atoms with Gasteiger partial charge in [-0.2, -0.15) is 0 Å². The van der Waals surface area contributed by atoms with E-state index in [4.69, 9.17) is 0 Å². The zero-order valence-electron chi connectivity index (χ0n) is 16.8. The first-order valence-electron chi connectivity index (χ1n) is 10.3. The van der Waals surface area contributed by atoms with E-state index in [1.807, 2.05) is 48.5 Å². The summed E-state index contributed by atoms with van der Waals surface area (Å²) in [6.07, 6.45) is 2.11. The summed E-state index contributed by atoms with van der Waals surface area (Å²) in [5.41, 5.74) is 3.15. The van der Waals surface area contributed by atoms with E-state index in [0.717, 1.165) is 48.1 Å². The van der Waals surface area contributed by atoms with Gasteiger partial charge in [0.25, 0.3) is 0 Å². The van der Waals surface area contributed by atoms with E-state index in [1.54, 1.807) is 12.1 Å². The molecule has 154 valence electrons. The average Bonchev–Trinajstić information content (AvgIpc) is 2.76. The van der Waals surface area contributed by atoms with Gasteiger partial charge >= 0.3 is 0 Å². The van der Waals surface area contributed by atoms with Crippen LogP contribution in [0.4, 0.5) is 0 Å². The van der Waals surface area contributed by atoms with Crippen molar-refractivity contribution in [1.82, 2.24) is 20.6 Å². The molecule has 0 bridgehead atoms. The number of phenolic OH excluding ortho intramolecular Hbond substituents is 2. The summed E-state index contributed by atoms with van der Waals surface area (Å²) in [6.45, 7) is 3.18. The Bertz CT molecular complexity index is 1060. The second-order valence-electron chi connectivity index (χ2n) is 7.36. The molecule has 4 N–H and O–H groups in total. The van der Waals surface area contributed by atoms with Crippen molar-refractivity contribution in [3.8, 4) is 11.5 Å². The molecule has 0 aliphatic carbocycles. The fourth-order valence-electron chi connectivity index (χ4n) is 3.47. The van der Waals surface area contributed by atoms with Gasteiger partial charge in [-0.1, -0.05) is 36.4 Å². The van der Waals surface area contributed by atoms with Crippen LogP contribution in [0, 0.1) is 0 Å². The molecule has 0 fully saturated rings. The Morgan fingerprint density at radius 1 is 0.600 bits per heavy atom. The summed E-state index contributed by atoms with van der Waals surface area (Å²) in [7, 11) is 0. The quantitative estimate of drug-likeness (QED) is 0.318. The van der Waals surface area contributed by atoms with Gasteiger partial charge in [0.15, 0.2) is 0 Å². The van der Waals surface area contributed by atoms with Crippen molar-refractivity contribution < 1.29 is 10.2 Å². The van der Waals surface area contributed by atoms with E-state index in [9.17, 15) is 10.2 Å². The molecule has 0 amide bonds. The number of aromatic hydroxyl groups is 2. The van der Waals surface area contributed by atoms with E-state index < -0.39 is 0 Å². The first kappa shape index (κ1) is 20.1. The molecule has 4 rings (SSSR count). The average molecular weight is 402 g/mol. The standard InChI is InChI=1S/C24H26N4O2/c29-21-7-3-5-17-9-11-19(27-23(17)21)15-25-13-1-2-14-26-16-20-12-10-18-6-4-8-22(30)24(18)28-20/h3-12,25-26,29-30H,1-2,13-16H2. The topological polar surface area (TPSA) is 90.3 Å². The molecule has 4 aromatic rings. The molecule has 2 aromatic heterocycles.